The molecule has 0 bridgehead atoms. The van der Waals surface area contributed by atoms with Gasteiger partial charge in [-0.05, 0) is 25.7 Å². The van der Waals surface area contributed by atoms with Crippen LogP contribution in [-0.4, -0.2) is 28.7 Å². The molecule has 0 aliphatic carbocycles. The van der Waals surface area contributed by atoms with E-state index in [1.165, 1.54) is 0 Å². The Morgan fingerprint density at radius 1 is 0.917 bits per heavy atom. The summed E-state index contributed by atoms with van der Waals surface area (Å²) in [6, 6.07) is 0. The smallest absolute Gasteiger partial charge is 0.111 e. The van der Waals surface area contributed by atoms with Gasteiger partial charge in [0.15, 0.2) is 0 Å². The minimum Gasteiger partial charge on any atom is -0.550 e. The van der Waals surface area contributed by atoms with Crippen LogP contribution in [0.5, 0.6) is 0 Å². The highest BCUT2D eigenvalue weighted by Crippen LogP contribution is 2.11. The van der Waals surface area contributed by atoms with Crippen LogP contribution in [0.1, 0.15) is 58.3 Å². The lowest BCUT2D eigenvalue weighted by atomic mass is 10.1. The summed E-state index contributed by atoms with van der Waals surface area (Å²) in [5.74, 6) is -0.995. The zero-order valence-corrected chi connectivity index (χ0v) is 14.3. The van der Waals surface area contributed by atoms with Crippen LogP contribution >= 0.6 is 0 Å². The van der Waals surface area contributed by atoms with Crippen molar-refractivity contribution in [1.29, 1.82) is 0 Å². The van der Waals surface area contributed by atoms with Gasteiger partial charge < -0.3 is 9.90 Å². The molecule has 0 rings (SSSR count). The maximum absolute atomic E-state index is 10.3. The molecule has 0 aromatic heterocycles. The van der Waals surface area contributed by atoms with Gasteiger partial charge >= 0.3 is 0 Å². The third-order valence-corrected chi connectivity index (χ3v) is 3.53. The SMILES string of the molecule is CC[C@@H](/C=C/C=C\C=C\[C@H](CCCCCCCC(=O)[O-])OO)OO. The van der Waals surface area contributed by atoms with Gasteiger partial charge in [0.2, 0.25) is 0 Å². The highest BCUT2D eigenvalue weighted by molar-refractivity contribution is 5.64. The van der Waals surface area contributed by atoms with Crippen molar-refractivity contribution in [1.82, 2.24) is 0 Å². The standard InChI is InChI=1S/C18H30O6/c1-2-16(23-21)12-8-6-7-10-14-17(24-22)13-9-4-3-5-11-15-18(19)20/h6-8,10,12,14,16-17,21-22H,2-5,9,11,13,15H2,1H3,(H,19,20)/p-1/b7-6-,12-8+,14-10+/t16-,17-/m0/s1. The molecule has 0 fully saturated rings. The molecule has 0 spiro atoms. The molecule has 0 aliphatic rings. The number of carbonyl (C=O) groups is 1. The van der Waals surface area contributed by atoms with Crippen LogP contribution in [0.3, 0.4) is 0 Å². The molecule has 24 heavy (non-hydrogen) atoms. The molecule has 0 amide bonds. The molecule has 0 radical (unpaired) electrons. The number of carboxylic acid groups (broad SMARTS) is 1. The summed E-state index contributed by atoms with van der Waals surface area (Å²) in [6.07, 6.45) is 15.9. The fourth-order valence-corrected chi connectivity index (χ4v) is 2.08. The highest BCUT2D eigenvalue weighted by atomic mass is 17.1. The summed E-state index contributed by atoms with van der Waals surface area (Å²) in [7, 11) is 0. The van der Waals surface area contributed by atoms with Crippen molar-refractivity contribution in [2.75, 3.05) is 0 Å². The molecular formula is C18H29O6-. The van der Waals surface area contributed by atoms with Crippen molar-refractivity contribution < 1.29 is 30.2 Å². The number of aliphatic carboxylic acids is 1. The van der Waals surface area contributed by atoms with E-state index in [0.29, 0.717) is 19.3 Å². The lowest BCUT2D eigenvalue weighted by molar-refractivity contribution is -0.305. The average Bonchev–Trinajstić information content (AvgIpc) is 2.58. The number of hydrogen-bond acceptors (Lipinski definition) is 6. The van der Waals surface area contributed by atoms with E-state index in [1.54, 1.807) is 36.5 Å². The molecule has 0 heterocycles. The van der Waals surface area contributed by atoms with E-state index in [0.717, 1.165) is 25.7 Å². The Morgan fingerprint density at radius 3 is 2.00 bits per heavy atom. The zero-order valence-electron chi connectivity index (χ0n) is 14.3. The van der Waals surface area contributed by atoms with Crippen molar-refractivity contribution in [3.05, 3.63) is 36.5 Å². The molecule has 0 unspecified atom stereocenters. The van der Waals surface area contributed by atoms with Crippen molar-refractivity contribution in [2.24, 2.45) is 0 Å². The molecule has 0 saturated heterocycles. The minimum absolute atomic E-state index is 0.120. The highest BCUT2D eigenvalue weighted by Gasteiger charge is 2.03. The fourth-order valence-electron chi connectivity index (χ4n) is 2.08. The lowest BCUT2D eigenvalue weighted by Crippen LogP contribution is -2.21. The number of allylic oxidation sites excluding steroid dienone is 4. The largest absolute Gasteiger partial charge is 0.550 e. The molecule has 6 nitrogen and oxygen atoms in total. The van der Waals surface area contributed by atoms with Gasteiger partial charge in [-0.3, -0.25) is 10.5 Å². The van der Waals surface area contributed by atoms with Gasteiger partial charge in [-0.2, -0.15) is 0 Å². The predicted molar refractivity (Wildman–Crippen MR) is 90.0 cm³/mol. The Bertz CT molecular complexity index is 385. The van der Waals surface area contributed by atoms with Crippen LogP contribution in [0.25, 0.3) is 0 Å². The van der Waals surface area contributed by atoms with Crippen LogP contribution in [0, 0.1) is 0 Å². The van der Waals surface area contributed by atoms with Crippen molar-refractivity contribution >= 4 is 5.97 Å². The quantitative estimate of drug-likeness (QED) is 0.205. The van der Waals surface area contributed by atoms with Crippen molar-refractivity contribution in [3.8, 4) is 0 Å². The molecule has 0 aliphatic heterocycles. The molecule has 0 aromatic carbocycles. The van der Waals surface area contributed by atoms with Crippen LogP contribution < -0.4 is 5.11 Å². The topological polar surface area (TPSA) is 99.1 Å². The van der Waals surface area contributed by atoms with Crippen LogP contribution in [-0.2, 0) is 14.6 Å². The first kappa shape index (κ1) is 22.5. The van der Waals surface area contributed by atoms with Gasteiger partial charge in [0, 0.05) is 5.97 Å². The Morgan fingerprint density at radius 2 is 1.46 bits per heavy atom. The van der Waals surface area contributed by atoms with Crippen molar-refractivity contribution in [2.45, 2.75) is 70.5 Å². The second-order valence-corrected chi connectivity index (χ2v) is 5.53. The van der Waals surface area contributed by atoms with E-state index in [4.69, 9.17) is 10.5 Å². The van der Waals surface area contributed by atoms with Crippen LogP contribution in [0.4, 0.5) is 0 Å². The summed E-state index contributed by atoms with van der Waals surface area (Å²) in [5.41, 5.74) is 0. The minimum atomic E-state index is -0.995. The molecule has 2 atom stereocenters. The lowest BCUT2D eigenvalue weighted by Gasteiger charge is -2.08. The molecule has 2 N–H and O–H groups in total. The van der Waals surface area contributed by atoms with E-state index in [-0.39, 0.29) is 18.6 Å². The van der Waals surface area contributed by atoms with Crippen LogP contribution in [0.15, 0.2) is 36.5 Å². The Kier molecular flexibility index (Phi) is 15.4. The van der Waals surface area contributed by atoms with Gasteiger partial charge in [-0.1, -0.05) is 69.1 Å². The summed E-state index contributed by atoms with van der Waals surface area (Å²) in [6.45, 7) is 1.90. The van der Waals surface area contributed by atoms with E-state index < -0.39 is 5.97 Å². The number of rotatable bonds is 15. The van der Waals surface area contributed by atoms with Gasteiger partial charge in [-0.15, -0.1) is 0 Å². The molecule has 0 aromatic rings. The zero-order chi connectivity index (χ0) is 18.0. The second-order valence-electron chi connectivity index (χ2n) is 5.53. The van der Waals surface area contributed by atoms with Gasteiger partial charge in [-0.25, -0.2) is 9.78 Å². The number of carbonyl (C=O) groups excluding carboxylic acids is 1. The monoisotopic (exact) mass is 341 g/mol. The van der Waals surface area contributed by atoms with Crippen LogP contribution in [0.2, 0.25) is 0 Å². The number of unbranched alkanes of at least 4 members (excludes halogenated alkanes) is 4. The molecule has 138 valence electrons. The third kappa shape index (κ3) is 14.1. The van der Waals surface area contributed by atoms with Gasteiger partial charge in [0.1, 0.15) is 12.2 Å². The van der Waals surface area contributed by atoms with E-state index in [1.807, 2.05) is 6.92 Å². The first-order chi connectivity index (χ1) is 11.6. The normalized spacial score (nSPS) is 14.8. The third-order valence-electron chi connectivity index (χ3n) is 3.53. The van der Waals surface area contributed by atoms with Gasteiger partial charge in [0.25, 0.3) is 0 Å². The summed E-state index contributed by atoms with van der Waals surface area (Å²) >= 11 is 0. The second kappa shape index (κ2) is 16.4. The summed E-state index contributed by atoms with van der Waals surface area (Å²) in [4.78, 5) is 18.9. The fraction of sp³-hybridized carbons (Fsp3) is 0.611. The predicted octanol–water partition coefficient (Wildman–Crippen LogP) is 3.26. The summed E-state index contributed by atoms with van der Waals surface area (Å²) < 4.78 is 0. The number of carboxylic acids is 1. The van der Waals surface area contributed by atoms with Gasteiger partial charge in [0.05, 0.1) is 0 Å². The molecular weight excluding hydrogens is 312 g/mol. The Balaban J connectivity index is 3.83. The maximum Gasteiger partial charge on any atom is 0.111 e. The Hall–Kier alpha value is -1.47. The van der Waals surface area contributed by atoms with E-state index in [2.05, 4.69) is 9.78 Å². The summed E-state index contributed by atoms with van der Waals surface area (Å²) in [5, 5.41) is 27.7. The first-order valence-corrected chi connectivity index (χ1v) is 8.46. The molecule has 6 heteroatoms. The molecule has 0 saturated carbocycles. The Labute approximate surface area is 144 Å². The maximum atomic E-state index is 10.3. The number of hydrogen-bond donors (Lipinski definition) is 2. The van der Waals surface area contributed by atoms with E-state index >= 15 is 0 Å². The first-order valence-electron chi connectivity index (χ1n) is 8.46. The van der Waals surface area contributed by atoms with E-state index in [9.17, 15) is 9.90 Å². The van der Waals surface area contributed by atoms with Crippen molar-refractivity contribution in [3.63, 3.8) is 0 Å². The average molecular weight is 341 g/mol.